The van der Waals surface area contributed by atoms with Crippen molar-refractivity contribution in [1.82, 2.24) is 4.98 Å². The van der Waals surface area contributed by atoms with E-state index in [0.29, 0.717) is 12.2 Å². The minimum atomic E-state index is -0.547. The van der Waals surface area contributed by atoms with Crippen LogP contribution in [0.25, 0.3) is 0 Å². The zero-order chi connectivity index (χ0) is 16.2. The summed E-state index contributed by atoms with van der Waals surface area (Å²) in [5.74, 6) is 0. The number of anilines is 1. The highest BCUT2D eigenvalue weighted by Gasteiger charge is 2.23. The molecule has 0 aliphatic heterocycles. The topological polar surface area (TPSA) is 42.4 Å². The first-order chi connectivity index (χ1) is 10.3. The highest BCUT2D eigenvalue weighted by atomic mass is 79.9. The monoisotopic (exact) mass is 362 g/mol. The number of nitrogens with zero attached hydrogens (tertiary/aromatic N) is 2. The van der Waals surface area contributed by atoms with Gasteiger partial charge in [-0.15, -0.1) is 0 Å². The number of amides is 1. The Labute approximate surface area is 139 Å². The van der Waals surface area contributed by atoms with E-state index in [-0.39, 0.29) is 6.09 Å². The fraction of sp³-hybridized carbons (Fsp3) is 0.294. The molecule has 0 N–H and O–H groups in total. The van der Waals surface area contributed by atoms with Gasteiger partial charge in [0.05, 0.1) is 18.4 Å². The molecule has 2 rings (SSSR count). The summed E-state index contributed by atoms with van der Waals surface area (Å²) in [6.45, 7) is 5.99. The van der Waals surface area contributed by atoms with Crippen molar-refractivity contribution >= 4 is 27.7 Å². The van der Waals surface area contributed by atoms with E-state index < -0.39 is 5.60 Å². The third-order valence-electron chi connectivity index (χ3n) is 2.82. The van der Waals surface area contributed by atoms with Crippen LogP contribution in [-0.4, -0.2) is 16.7 Å². The van der Waals surface area contributed by atoms with Crippen LogP contribution in [0.15, 0.2) is 53.3 Å². The quantitative estimate of drug-likeness (QED) is 0.737. The van der Waals surface area contributed by atoms with Gasteiger partial charge in [-0.1, -0.05) is 30.3 Å². The number of ether oxygens (including phenoxy) is 1. The summed E-state index contributed by atoms with van der Waals surface area (Å²) >= 11 is 3.30. The van der Waals surface area contributed by atoms with Crippen LogP contribution < -0.4 is 4.90 Å². The number of benzene rings is 1. The first-order valence-corrected chi connectivity index (χ1v) is 7.80. The zero-order valence-corrected chi connectivity index (χ0v) is 14.5. The van der Waals surface area contributed by atoms with Crippen LogP contribution in [-0.2, 0) is 11.3 Å². The molecule has 0 bridgehead atoms. The Morgan fingerprint density at radius 3 is 2.41 bits per heavy atom. The van der Waals surface area contributed by atoms with Crippen LogP contribution >= 0.6 is 15.9 Å². The van der Waals surface area contributed by atoms with Crippen LogP contribution in [0.2, 0.25) is 0 Å². The van der Waals surface area contributed by atoms with Crippen LogP contribution in [0.5, 0.6) is 0 Å². The van der Waals surface area contributed by atoms with E-state index in [2.05, 4.69) is 20.9 Å². The Kier molecular flexibility index (Phi) is 5.19. The molecule has 0 atom stereocenters. The maximum Gasteiger partial charge on any atom is 0.415 e. The molecule has 116 valence electrons. The molecule has 1 heterocycles. The van der Waals surface area contributed by atoms with Crippen molar-refractivity contribution < 1.29 is 9.53 Å². The maximum absolute atomic E-state index is 12.5. The minimum absolute atomic E-state index is 0.388. The number of halogens is 1. The molecule has 0 saturated heterocycles. The van der Waals surface area contributed by atoms with E-state index in [4.69, 9.17) is 4.74 Å². The summed E-state index contributed by atoms with van der Waals surface area (Å²) in [5, 5.41) is 0. The SMILES string of the molecule is CC(C)(C)OC(=O)N(Cc1ccccc1)c1ccc(Br)nc1. The molecular weight excluding hydrogens is 344 g/mol. The summed E-state index contributed by atoms with van der Waals surface area (Å²) in [5.41, 5.74) is 1.17. The second-order valence-corrected chi connectivity index (χ2v) is 6.70. The summed E-state index contributed by atoms with van der Waals surface area (Å²) in [7, 11) is 0. The number of carbonyl (C=O) groups is 1. The van der Waals surface area contributed by atoms with E-state index in [1.54, 1.807) is 17.2 Å². The van der Waals surface area contributed by atoms with Crippen molar-refractivity contribution in [1.29, 1.82) is 0 Å². The van der Waals surface area contributed by atoms with Gasteiger partial charge in [0.1, 0.15) is 10.2 Å². The highest BCUT2D eigenvalue weighted by Crippen LogP contribution is 2.21. The summed E-state index contributed by atoms with van der Waals surface area (Å²) in [4.78, 5) is 18.3. The van der Waals surface area contributed by atoms with Gasteiger partial charge in [-0.2, -0.15) is 0 Å². The number of hydrogen-bond donors (Lipinski definition) is 0. The van der Waals surface area contributed by atoms with Gasteiger partial charge < -0.3 is 4.74 Å². The Morgan fingerprint density at radius 1 is 1.18 bits per heavy atom. The molecule has 0 radical (unpaired) electrons. The second kappa shape index (κ2) is 6.92. The first kappa shape index (κ1) is 16.5. The van der Waals surface area contributed by atoms with Crippen molar-refractivity contribution in [3.63, 3.8) is 0 Å². The molecule has 1 aromatic carbocycles. The molecule has 0 saturated carbocycles. The number of aromatic nitrogens is 1. The molecule has 4 nitrogen and oxygen atoms in total. The predicted molar refractivity (Wildman–Crippen MR) is 90.8 cm³/mol. The molecule has 1 amide bonds. The molecule has 0 spiro atoms. The Balaban J connectivity index is 2.27. The van der Waals surface area contributed by atoms with E-state index in [1.807, 2.05) is 57.2 Å². The van der Waals surface area contributed by atoms with Crippen molar-refractivity contribution in [2.75, 3.05) is 4.90 Å². The van der Waals surface area contributed by atoms with Crippen molar-refractivity contribution in [2.24, 2.45) is 0 Å². The second-order valence-electron chi connectivity index (χ2n) is 5.89. The lowest BCUT2D eigenvalue weighted by molar-refractivity contribution is 0.0577. The summed E-state index contributed by atoms with van der Waals surface area (Å²) < 4.78 is 6.23. The van der Waals surface area contributed by atoms with Crippen LogP contribution in [0.3, 0.4) is 0 Å². The van der Waals surface area contributed by atoms with Gasteiger partial charge in [0, 0.05) is 0 Å². The molecule has 5 heteroatoms. The lowest BCUT2D eigenvalue weighted by atomic mass is 10.2. The Morgan fingerprint density at radius 2 is 1.86 bits per heavy atom. The fourth-order valence-corrected chi connectivity index (χ4v) is 2.11. The molecule has 0 aliphatic rings. The molecule has 2 aromatic rings. The van der Waals surface area contributed by atoms with Crippen LogP contribution in [0.1, 0.15) is 26.3 Å². The number of hydrogen-bond acceptors (Lipinski definition) is 3. The smallest absolute Gasteiger partial charge is 0.415 e. The van der Waals surface area contributed by atoms with Crippen LogP contribution in [0.4, 0.5) is 10.5 Å². The van der Waals surface area contributed by atoms with E-state index in [0.717, 1.165) is 10.2 Å². The van der Waals surface area contributed by atoms with E-state index in [1.165, 1.54) is 0 Å². The molecule has 0 unspecified atom stereocenters. The average Bonchev–Trinajstić information content (AvgIpc) is 2.45. The molecule has 1 aromatic heterocycles. The predicted octanol–water partition coefficient (Wildman–Crippen LogP) is 4.79. The largest absolute Gasteiger partial charge is 0.443 e. The van der Waals surface area contributed by atoms with Gasteiger partial charge in [0.2, 0.25) is 0 Å². The Hall–Kier alpha value is -1.88. The van der Waals surface area contributed by atoms with Crippen molar-refractivity contribution in [3.8, 4) is 0 Å². The third kappa shape index (κ3) is 4.84. The number of rotatable bonds is 3. The van der Waals surface area contributed by atoms with Gasteiger partial charge in [-0.3, -0.25) is 4.90 Å². The fourth-order valence-electron chi connectivity index (χ4n) is 1.87. The molecular formula is C17H19BrN2O2. The maximum atomic E-state index is 12.5. The minimum Gasteiger partial charge on any atom is -0.443 e. The average molecular weight is 363 g/mol. The summed E-state index contributed by atoms with van der Waals surface area (Å²) in [6.07, 6.45) is 1.26. The van der Waals surface area contributed by atoms with E-state index in [9.17, 15) is 4.79 Å². The first-order valence-electron chi connectivity index (χ1n) is 7.01. The molecule has 22 heavy (non-hydrogen) atoms. The van der Waals surface area contributed by atoms with Gasteiger partial charge >= 0.3 is 6.09 Å². The molecule has 0 aliphatic carbocycles. The van der Waals surface area contributed by atoms with Gasteiger partial charge in [0.25, 0.3) is 0 Å². The van der Waals surface area contributed by atoms with Crippen molar-refractivity contribution in [2.45, 2.75) is 32.9 Å². The van der Waals surface area contributed by atoms with Crippen molar-refractivity contribution in [3.05, 3.63) is 58.8 Å². The Bertz CT molecular complexity index is 621. The summed E-state index contributed by atoms with van der Waals surface area (Å²) in [6, 6.07) is 13.4. The lowest BCUT2D eigenvalue weighted by Gasteiger charge is -2.27. The molecule has 0 fully saturated rings. The lowest BCUT2D eigenvalue weighted by Crippen LogP contribution is -2.36. The van der Waals surface area contributed by atoms with Crippen LogP contribution in [0, 0.1) is 0 Å². The number of pyridine rings is 1. The highest BCUT2D eigenvalue weighted by molar-refractivity contribution is 9.10. The normalized spacial score (nSPS) is 11.1. The van der Waals surface area contributed by atoms with Gasteiger partial charge in [0.15, 0.2) is 0 Å². The van der Waals surface area contributed by atoms with E-state index >= 15 is 0 Å². The van der Waals surface area contributed by atoms with Gasteiger partial charge in [-0.05, 0) is 54.4 Å². The third-order valence-corrected chi connectivity index (χ3v) is 3.29. The standard InChI is InChI=1S/C17H19BrN2O2/c1-17(2,3)22-16(21)20(12-13-7-5-4-6-8-13)14-9-10-15(18)19-11-14/h4-11H,12H2,1-3H3. The number of carbonyl (C=O) groups excluding carboxylic acids is 1. The van der Waals surface area contributed by atoms with Gasteiger partial charge in [-0.25, -0.2) is 9.78 Å². The zero-order valence-electron chi connectivity index (χ0n) is 12.9.